The van der Waals surface area contributed by atoms with Crippen LogP contribution >= 0.6 is 0 Å². The zero-order chi connectivity index (χ0) is 13.4. The second-order valence-electron chi connectivity index (χ2n) is 4.55. The van der Waals surface area contributed by atoms with Gasteiger partial charge in [0.2, 0.25) is 11.8 Å². The standard InChI is InChI=1S/C12H13N3O4/c16-10-6-13-11(17)8-7-14(3-4-15(8)10)12(18)9-2-1-5-19-9/h1-2,5,8H,3-4,6-7H2,(H,13,17). The number of rotatable bonds is 1. The molecule has 1 atom stereocenters. The summed E-state index contributed by atoms with van der Waals surface area (Å²) in [6.45, 7) is 1.04. The monoisotopic (exact) mass is 263 g/mol. The highest BCUT2D eigenvalue weighted by Gasteiger charge is 2.40. The molecule has 1 N–H and O–H groups in total. The summed E-state index contributed by atoms with van der Waals surface area (Å²) in [5.74, 6) is -0.322. The van der Waals surface area contributed by atoms with E-state index >= 15 is 0 Å². The van der Waals surface area contributed by atoms with E-state index in [1.165, 1.54) is 16.1 Å². The molecule has 3 amide bonds. The van der Waals surface area contributed by atoms with Gasteiger partial charge in [-0.15, -0.1) is 0 Å². The molecule has 2 saturated heterocycles. The molecule has 3 rings (SSSR count). The third-order valence-electron chi connectivity index (χ3n) is 3.44. The Morgan fingerprint density at radius 2 is 2.21 bits per heavy atom. The zero-order valence-corrected chi connectivity index (χ0v) is 10.2. The molecule has 2 aliphatic rings. The van der Waals surface area contributed by atoms with Crippen LogP contribution in [-0.2, 0) is 9.59 Å². The Morgan fingerprint density at radius 3 is 2.95 bits per heavy atom. The van der Waals surface area contributed by atoms with Crippen molar-refractivity contribution in [3.8, 4) is 0 Å². The lowest BCUT2D eigenvalue weighted by molar-refractivity contribution is -0.148. The SMILES string of the molecule is O=C1NCC(=O)N2CCN(C(=O)c3ccco3)CC12. The van der Waals surface area contributed by atoms with Crippen LogP contribution in [0.5, 0.6) is 0 Å². The van der Waals surface area contributed by atoms with E-state index < -0.39 is 6.04 Å². The number of hydrogen-bond donors (Lipinski definition) is 1. The quantitative estimate of drug-likeness (QED) is 0.709. The molecule has 0 saturated carbocycles. The molecule has 1 unspecified atom stereocenters. The van der Waals surface area contributed by atoms with Gasteiger partial charge in [-0.25, -0.2) is 0 Å². The van der Waals surface area contributed by atoms with Crippen molar-refractivity contribution in [2.45, 2.75) is 6.04 Å². The van der Waals surface area contributed by atoms with Gasteiger partial charge >= 0.3 is 0 Å². The lowest BCUT2D eigenvalue weighted by atomic mass is 10.1. The summed E-state index contributed by atoms with van der Waals surface area (Å²) in [5, 5.41) is 2.53. The molecule has 7 nitrogen and oxygen atoms in total. The molecule has 1 aromatic rings. The third-order valence-corrected chi connectivity index (χ3v) is 3.44. The van der Waals surface area contributed by atoms with Crippen molar-refractivity contribution >= 4 is 17.7 Å². The first-order valence-corrected chi connectivity index (χ1v) is 6.07. The molecular formula is C12H13N3O4. The third kappa shape index (κ3) is 1.96. The van der Waals surface area contributed by atoms with E-state index in [0.717, 1.165) is 0 Å². The summed E-state index contributed by atoms with van der Waals surface area (Å²) in [7, 11) is 0. The molecule has 100 valence electrons. The van der Waals surface area contributed by atoms with E-state index in [4.69, 9.17) is 4.42 Å². The first kappa shape index (κ1) is 11.8. The van der Waals surface area contributed by atoms with Gasteiger partial charge in [-0.05, 0) is 12.1 Å². The van der Waals surface area contributed by atoms with Crippen molar-refractivity contribution in [3.05, 3.63) is 24.2 Å². The summed E-state index contributed by atoms with van der Waals surface area (Å²) in [6, 6.07) is 2.63. The lowest BCUT2D eigenvalue weighted by Gasteiger charge is -2.42. The highest BCUT2D eigenvalue weighted by atomic mass is 16.3. The maximum Gasteiger partial charge on any atom is 0.289 e. The van der Waals surface area contributed by atoms with Crippen LogP contribution < -0.4 is 5.32 Å². The van der Waals surface area contributed by atoms with Crippen LogP contribution in [0, 0.1) is 0 Å². The molecule has 0 spiro atoms. The van der Waals surface area contributed by atoms with Crippen molar-refractivity contribution in [3.63, 3.8) is 0 Å². The Balaban J connectivity index is 1.76. The number of hydrogen-bond acceptors (Lipinski definition) is 4. The van der Waals surface area contributed by atoms with E-state index in [1.807, 2.05) is 0 Å². The number of nitrogens with zero attached hydrogens (tertiary/aromatic N) is 2. The van der Waals surface area contributed by atoms with Crippen molar-refractivity contribution in [1.82, 2.24) is 15.1 Å². The van der Waals surface area contributed by atoms with Crippen LogP contribution in [0.4, 0.5) is 0 Å². The van der Waals surface area contributed by atoms with E-state index in [9.17, 15) is 14.4 Å². The van der Waals surface area contributed by atoms with Crippen LogP contribution in [0.15, 0.2) is 22.8 Å². The van der Waals surface area contributed by atoms with E-state index in [-0.39, 0.29) is 36.6 Å². The van der Waals surface area contributed by atoms with Gasteiger partial charge in [0.1, 0.15) is 6.04 Å². The number of furan rings is 1. The van der Waals surface area contributed by atoms with Gasteiger partial charge in [-0.2, -0.15) is 0 Å². The second kappa shape index (κ2) is 4.42. The minimum absolute atomic E-state index is 0.0431. The van der Waals surface area contributed by atoms with E-state index in [2.05, 4.69) is 5.32 Å². The number of carbonyl (C=O) groups excluding carboxylic acids is 3. The molecule has 0 aliphatic carbocycles. The number of nitrogens with one attached hydrogen (secondary N) is 1. The number of piperazine rings is 2. The molecule has 2 fully saturated rings. The molecule has 0 bridgehead atoms. The van der Waals surface area contributed by atoms with Gasteiger partial charge in [-0.1, -0.05) is 0 Å². The van der Waals surface area contributed by atoms with E-state index in [0.29, 0.717) is 13.1 Å². The van der Waals surface area contributed by atoms with Crippen LogP contribution in [0.1, 0.15) is 10.6 Å². The van der Waals surface area contributed by atoms with Crippen molar-refractivity contribution in [2.75, 3.05) is 26.2 Å². The average molecular weight is 263 g/mol. The number of carbonyl (C=O) groups is 3. The molecule has 0 aromatic carbocycles. The van der Waals surface area contributed by atoms with Crippen LogP contribution in [0.2, 0.25) is 0 Å². The Hall–Kier alpha value is -2.31. The Morgan fingerprint density at radius 1 is 1.37 bits per heavy atom. The normalized spacial score (nSPS) is 23.1. The summed E-state index contributed by atoms with van der Waals surface area (Å²) < 4.78 is 5.06. The van der Waals surface area contributed by atoms with Gasteiger partial charge in [-0.3, -0.25) is 14.4 Å². The predicted octanol–water partition coefficient (Wildman–Crippen LogP) is -0.938. The van der Waals surface area contributed by atoms with Gasteiger partial charge in [0.15, 0.2) is 5.76 Å². The summed E-state index contributed by atoms with van der Waals surface area (Å²) in [6.07, 6.45) is 1.43. The van der Waals surface area contributed by atoms with Crippen LogP contribution in [0.25, 0.3) is 0 Å². The van der Waals surface area contributed by atoms with Gasteiger partial charge < -0.3 is 19.5 Å². The summed E-state index contributed by atoms with van der Waals surface area (Å²) in [5.41, 5.74) is 0. The molecule has 3 heterocycles. The molecule has 7 heteroatoms. The largest absolute Gasteiger partial charge is 0.459 e. The van der Waals surface area contributed by atoms with Gasteiger partial charge in [0, 0.05) is 13.1 Å². The second-order valence-corrected chi connectivity index (χ2v) is 4.55. The van der Waals surface area contributed by atoms with Crippen molar-refractivity contribution < 1.29 is 18.8 Å². The smallest absolute Gasteiger partial charge is 0.289 e. The highest BCUT2D eigenvalue weighted by Crippen LogP contribution is 2.16. The Bertz CT molecular complexity index is 525. The minimum atomic E-state index is -0.589. The fraction of sp³-hybridized carbons (Fsp3) is 0.417. The minimum Gasteiger partial charge on any atom is -0.459 e. The fourth-order valence-electron chi connectivity index (χ4n) is 2.43. The number of amides is 3. The highest BCUT2D eigenvalue weighted by molar-refractivity contribution is 5.97. The molecule has 19 heavy (non-hydrogen) atoms. The van der Waals surface area contributed by atoms with E-state index in [1.54, 1.807) is 12.1 Å². The first-order chi connectivity index (χ1) is 9.16. The lowest BCUT2D eigenvalue weighted by Crippen LogP contribution is -2.66. The molecule has 0 radical (unpaired) electrons. The van der Waals surface area contributed by atoms with Crippen molar-refractivity contribution in [2.24, 2.45) is 0 Å². The molecular weight excluding hydrogens is 250 g/mol. The summed E-state index contributed by atoms with van der Waals surface area (Å²) in [4.78, 5) is 38.6. The molecule has 2 aliphatic heterocycles. The Labute approximate surface area is 109 Å². The average Bonchev–Trinajstić information content (AvgIpc) is 2.96. The fourth-order valence-corrected chi connectivity index (χ4v) is 2.43. The Kier molecular flexibility index (Phi) is 2.73. The van der Waals surface area contributed by atoms with Gasteiger partial charge in [0.25, 0.3) is 5.91 Å². The van der Waals surface area contributed by atoms with Crippen LogP contribution in [-0.4, -0.2) is 59.7 Å². The van der Waals surface area contributed by atoms with Crippen LogP contribution in [0.3, 0.4) is 0 Å². The summed E-state index contributed by atoms with van der Waals surface area (Å²) >= 11 is 0. The number of fused-ring (bicyclic) bond motifs is 1. The maximum absolute atomic E-state index is 12.1. The van der Waals surface area contributed by atoms with Crippen molar-refractivity contribution in [1.29, 1.82) is 0 Å². The topological polar surface area (TPSA) is 82.9 Å². The first-order valence-electron chi connectivity index (χ1n) is 6.07. The van der Waals surface area contributed by atoms with Gasteiger partial charge in [0.05, 0.1) is 19.4 Å². The predicted molar refractivity (Wildman–Crippen MR) is 63.1 cm³/mol. The zero-order valence-electron chi connectivity index (χ0n) is 10.2. The maximum atomic E-state index is 12.1. The molecule has 1 aromatic heterocycles.